The average Bonchev–Trinajstić information content (AvgIpc) is 2.59. The van der Waals surface area contributed by atoms with Gasteiger partial charge in [0.25, 0.3) is 0 Å². The third-order valence-corrected chi connectivity index (χ3v) is 3.86. The normalized spacial score (nSPS) is 10.6. The lowest BCUT2D eigenvalue weighted by Gasteiger charge is -2.06. The number of carbonyl (C=O) groups is 1. The van der Waals surface area contributed by atoms with E-state index in [-0.39, 0.29) is 5.91 Å². The molecule has 0 atom stereocenters. The summed E-state index contributed by atoms with van der Waals surface area (Å²) in [6.07, 6.45) is 5.20. The van der Waals surface area contributed by atoms with E-state index < -0.39 is 0 Å². The largest absolute Gasteiger partial charge is 0.497 e. The van der Waals surface area contributed by atoms with Crippen molar-refractivity contribution in [2.24, 2.45) is 0 Å². The maximum atomic E-state index is 12.0. The highest BCUT2D eigenvalue weighted by atomic mass is 32.2. The number of ether oxygens (including phenoxy) is 2. The van der Waals surface area contributed by atoms with Gasteiger partial charge in [-0.3, -0.25) is 4.79 Å². The van der Waals surface area contributed by atoms with E-state index in [1.807, 2.05) is 42.7 Å². The van der Waals surface area contributed by atoms with Crippen LogP contribution in [0.4, 0.5) is 5.69 Å². The molecule has 0 aliphatic heterocycles. The molecular formula is C18H19NO3S. The Balaban J connectivity index is 2.08. The van der Waals surface area contributed by atoms with Crippen LogP contribution in [-0.2, 0) is 4.79 Å². The minimum Gasteiger partial charge on any atom is -0.497 e. The number of carbonyl (C=O) groups excluding carboxylic acids is 1. The summed E-state index contributed by atoms with van der Waals surface area (Å²) in [4.78, 5) is 13.1. The number of anilines is 1. The highest BCUT2D eigenvalue weighted by Crippen LogP contribution is 2.23. The number of amides is 1. The molecule has 120 valence electrons. The molecule has 5 heteroatoms. The zero-order valence-electron chi connectivity index (χ0n) is 13.3. The fourth-order valence-corrected chi connectivity index (χ4v) is 2.44. The first-order valence-electron chi connectivity index (χ1n) is 7.01. The number of methoxy groups -OCH3 is 2. The first-order chi connectivity index (χ1) is 11.1. The van der Waals surface area contributed by atoms with Crippen LogP contribution in [0.2, 0.25) is 0 Å². The van der Waals surface area contributed by atoms with Crippen molar-refractivity contribution in [1.82, 2.24) is 0 Å². The Morgan fingerprint density at radius 2 is 1.78 bits per heavy atom. The van der Waals surface area contributed by atoms with Crippen molar-refractivity contribution in [2.75, 3.05) is 25.8 Å². The predicted molar refractivity (Wildman–Crippen MR) is 95.4 cm³/mol. The van der Waals surface area contributed by atoms with Crippen LogP contribution in [-0.4, -0.2) is 26.4 Å². The Hall–Kier alpha value is -2.40. The van der Waals surface area contributed by atoms with Gasteiger partial charge in [-0.15, -0.1) is 11.8 Å². The lowest BCUT2D eigenvalue weighted by atomic mass is 10.2. The molecule has 0 unspecified atom stereocenters. The highest BCUT2D eigenvalue weighted by Gasteiger charge is 2.02. The molecule has 0 spiro atoms. The van der Waals surface area contributed by atoms with Crippen molar-refractivity contribution in [1.29, 1.82) is 0 Å². The van der Waals surface area contributed by atoms with E-state index in [2.05, 4.69) is 5.32 Å². The Morgan fingerprint density at radius 3 is 2.39 bits per heavy atom. The average molecular weight is 329 g/mol. The molecule has 0 radical (unpaired) electrons. The van der Waals surface area contributed by atoms with Gasteiger partial charge in [0.15, 0.2) is 0 Å². The summed E-state index contributed by atoms with van der Waals surface area (Å²) < 4.78 is 10.4. The van der Waals surface area contributed by atoms with Crippen molar-refractivity contribution in [3.05, 3.63) is 54.1 Å². The number of hydrogen-bond acceptors (Lipinski definition) is 4. The number of benzene rings is 2. The molecule has 0 bridgehead atoms. The number of thioether (sulfide) groups is 1. The number of hydrogen-bond donors (Lipinski definition) is 1. The minimum absolute atomic E-state index is 0.190. The SMILES string of the molecule is COc1cc(/C=C/C(=O)Nc2cccc(SC)c2)cc(OC)c1. The van der Waals surface area contributed by atoms with Gasteiger partial charge in [-0.05, 0) is 48.2 Å². The molecule has 2 aromatic carbocycles. The van der Waals surface area contributed by atoms with Gasteiger partial charge in [0.2, 0.25) is 5.91 Å². The molecule has 0 aromatic heterocycles. The van der Waals surface area contributed by atoms with E-state index in [4.69, 9.17) is 9.47 Å². The summed E-state index contributed by atoms with van der Waals surface area (Å²) in [6, 6.07) is 13.2. The van der Waals surface area contributed by atoms with Crippen molar-refractivity contribution in [3.63, 3.8) is 0 Å². The maximum Gasteiger partial charge on any atom is 0.248 e. The Kier molecular flexibility index (Phi) is 6.11. The molecule has 0 aliphatic rings. The van der Waals surface area contributed by atoms with Crippen LogP contribution in [0.3, 0.4) is 0 Å². The van der Waals surface area contributed by atoms with Crippen LogP contribution in [0.1, 0.15) is 5.56 Å². The fourth-order valence-electron chi connectivity index (χ4n) is 1.98. The second-order valence-electron chi connectivity index (χ2n) is 4.70. The molecule has 0 fully saturated rings. The molecule has 1 N–H and O–H groups in total. The molecule has 2 aromatic rings. The lowest BCUT2D eigenvalue weighted by Crippen LogP contribution is -2.07. The van der Waals surface area contributed by atoms with E-state index in [1.165, 1.54) is 6.08 Å². The topological polar surface area (TPSA) is 47.6 Å². The fraction of sp³-hybridized carbons (Fsp3) is 0.167. The molecule has 0 heterocycles. The molecule has 4 nitrogen and oxygen atoms in total. The van der Waals surface area contributed by atoms with Gasteiger partial charge in [-0.1, -0.05) is 6.07 Å². The Morgan fingerprint density at radius 1 is 1.09 bits per heavy atom. The molecule has 0 aliphatic carbocycles. The van der Waals surface area contributed by atoms with Crippen molar-refractivity contribution in [3.8, 4) is 11.5 Å². The minimum atomic E-state index is -0.190. The van der Waals surface area contributed by atoms with E-state index in [0.717, 1.165) is 16.1 Å². The standard InChI is InChI=1S/C18H19NO3S/c1-21-15-9-13(10-16(12-15)22-2)7-8-18(20)19-14-5-4-6-17(11-14)23-3/h4-12H,1-3H3,(H,19,20)/b8-7+. The molecule has 0 saturated carbocycles. The van der Waals surface area contributed by atoms with E-state index in [1.54, 1.807) is 38.1 Å². The second-order valence-corrected chi connectivity index (χ2v) is 5.58. The third-order valence-electron chi connectivity index (χ3n) is 3.14. The Labute approximate surface area is 140 Å². The highest BCUT2D eigenvalue weighted by molar-refractivity contribution is 7.98. The molecule has 1 amide bonds. The zero-order chi connectivity index (χ0) is 16.7. The van der Waals surface area contributed by atoms with Crippen molar-refractivity contribution < 1.29 is 14.3 Å². The summed E-state index contributed by atoms with van der Waals surface area (Å²) in [5, 5.41) is 2.84. The van der Waals surface area contributed by atoms with Crippen LogP contribution in [0.25, 0.3) is 6.08 Å². The third kappa shape index (κ3) is 5.07. The maximum absolute atomic E-state index is 12.0. The monoisotopic (exact) mass is 329 g/mol. The van der Waals surface area contributed by atoms with E-state index in [9.17, 15) is 4.79 Å². The number of rotatable bonds is 6. The van der Waals surface area contributed by atoms with Gasteiger partial charge in [-0.25, -0.2) is 0 Å². The summed E-state index contributed by atoms with van der Waals surface area (Å²) in [5.74, 6) is 1.17. The molecule has 2 rings (SSSR count). The Bertz CT molecular complexity index is 691. The molecule has 23 heavy (non-hydrogen) atoms. The first kappa shape index (κ1) is 17.0. The quantitative estimate of drug-likeness (QED) is 0.641. The molecular weight excluding hydrogens is 310 g/mol. The van der Waals surface area contributed by atoms with Crippen molar-refractivity contribution >= 4 is 29.4 Å². The van der Waals surface area contributed by atoms with Crippen LogP contribution < -0.4 is 14.8 Å². The zero-order valence-corrected chi connectivity index (χ0v) is 14.1. The van der Waals surface area contributed by atoms with E-state index >= 15 is 0 Å². The lowest BCUT2D eigenvalue weighted by molar-refractivity contribution is -0.111. The smallest absolute Gasteiger partial charge is 0.248 e. The van der Waals surface area contributed by atoms with Gasteiger partial charge in [0.1, 0.15) is 11.5 Å². The summed E-state index contributed by atoms with van der Waals surface area (Å²) in [6.45, 7) is 0. The summed E-state index contributed by atoms with van der Waals surface area (Å²) in [7, 11) is 3.18. The summed E-state index contributed by atoms with van der Waals surface area (Å²) in [5.41, 5.74) is 1.60. The van der Waals surface area contributed by atoms with Gasteiger partial charge in [0, 0.05) is 22.7 Å². The van der Waals surface area contributed by atoms with Crippen LogP contribution in [0.5, 0.6) is 11.5 Å². The van der Waals surface area contributed by atoms with Crippen LogP contribution >= 0.6 is 11.8 Å². The van der Waals surface area contributed by atoms with Crippen molar-refractivity contribution in [2.45, 2.75) is 4.90 Å². The van der Waals surface area contributed by atoms with Gasteiger partial charge in [-0.2, -0.15) is 0 Å². The van der Waals surface area contributed by atoms with E-state index in [0.29, 0.717) is 11.5 Å². The predicted octanol–water partition coefficient (Wildman–Crippen LogP) is 4.08. The number of nitrogens with one attached hydrogen (secondary N) is 1. The van der Waals surface area contributed by atoms with Gasteiger partial charge >= 0.3 is 0 Å². The van der Waals surface area contributed by atoms with Gasteiger partial charge < -0.3 is 14.8 Å². The summed E-state index contributed by atoms with van der Waals surface area (Å²) >= 11 is 1.63. The van der Waals surface area contributed by atoms with Crippen LogP contribution in [0, 0.1) is 0 Å². The van der Waals surface area contributed by atoms with Crippen LogP contribution in [0.15, 0.2) is 53.4 Å². The molecule has 0 saturated heterocycles. The second kappa shape index (κ2) is 8.29. The first-order valence-corrected chi connectivity index (χ1v) is 8.23. The van der Waals surface area contributed by atoms with Gasteiger partial charge in [0.05, 0.1) is 14.2 Å².